The smallest absolute Gasteiger partial charge is 0.272 e. The fourth-order valence-corrected chi connectivity index (χ4v) is 3.85. The minimum absolute atomic E-state index is 0.289. The van der Waals surface area contributed by atoms with Gasteiger partial charge in [-0.05, 0) is 31.6 Å². The van der Waals surface area contributed by atoms with Gasteiger partial charge >= 0.3 is 0 Å². The Morgan fingerprint density at radius 2 is 1.93 bits per heavy atom. The average molecular weight is 367 g/mol. The zero-order valence-corrected chi connectivity index (χ0v) is 15.6. The van der Waals surface area contributed by atoms with Gasteiger partial charge in [0.2, 0.25) is 5.91 Å². The number of H-pyrrole nitrogens is 1. The van der Waals surface area contributed by atoms with Gasteiger partial charge < -0.3 is 14.8 Å². The van der Waals surface area contributed by atoms with Gasteiger partial charge in [-0.25, -0.2) is 0 Å². The van der Waals surface area contributed by atoms with Crippen LogP contribution in [-0.4, -0.2) is 78.6 Å². The number of carbonyl (C=O) groups excluding carboxylic acids is 2. The van der Waals surface area contributed by atoms with Gasteiger partial charge in [-0.3, -0.25) is 19.9 Å². The van der Waals surface area contributed by atoms with Gasteiger partial charge in [0, 0.05) is 49.8 Å². The third-order valence-corrected chi connectivity index (χ3v) is 5.45. The Hall–Kier alpha value is -2.51. The maximum Gasteiger partial charge on any atom is 0.272 e. The van der Waals surface area contributed by atoms with Crippen molar-refractivity contribution in [3.05, 3.63) is 36.0 Å². The Bertz CT molecular complexity index is 879. The quantitative estimate of drug-likeness (QED) is 0.610. The maximum absolute atomic E-state index is 12.4. The highest BCUT2D eigenvalue weighted by Crippen LogP contribution is 2.29. The first kappa shape index (κ1) is 17.9. The summed E-state index contributed by atoms with van der Waals surface area (Å²) in [5.41, 5.74) is 2.10. The van der Waals surface area contributed by atoms with Crippen LogP contribution in [-0.2, 0) is 9.59 Å². The van der Waals surface area contributed by atoms with Crippen LogP contribution in [0, 0.1) is 0 Å². The van der Waals surface area contributed by atoms with Crippen molar-refractivity contribution in [2.45, 2.75) is 12.3 Å². The molecule has 1 aromatic carbocycles. The van der Waals surface area contributed by atoms with Gasteiger partial charge in [0.15, 0.2) is 0 Å². The molecule has 2 aliphatic rings. The van der Waals surface area contributed by atoms with E-state index in [0.29, 0.717) is 12.3 Å². The number of benzene rings is 1. The van der Waals surface area contributed by atoms with Crippen LogP contribution in [0.3, 0.4) is 0 Å². The summed E-state index contributed by atoms with van der Waals surface area (Å²) < 4.78 is 0. The Morgan fingerprint density at radius 3 is 2.74 bits per heavy atom. The van der Waals surface area contributed by atoms with Crippen molar-refractivity contribution in [2.75, 3.05) is 46.3 Å². The molecule has 2 N–H and O–H groups in total. The molecule has 0 bridgehead atoms. The highest BCUT2D eigenvalue weighted by atomic mass is 16.2. The van der Waals surface area contributed by atoms with Crippen LogP contribution in [0.25, 0.3) is 10.9 Å². The number of fused-ring (bicyclic) bond motifs is 1. The van der Waals surface area contributed by atoms with Crippen molar-refractivity contribution in [1.82, 2.24) is 20.1 Å². The number of aromatic nitrogens is 1. The number of aromatic amines is 1. The summed E-state index contributed by atoms with van der Waals surface area (Å²) in [4.78, 5) is 37.1. The summed E-state index contributed by atoms with van der Waals surface area (Å²) in [5, 5.41) is 3.38. The lowest BCUT2D eigenvalue weighted by atomic mass is 9.95. The number of rotatable bonds is 5. The number of amides is 2. The molecule has 2 amide bonds. The molecule has 2 aliphatic heterocycles. The summed E-state index contributed by atoms with van der Waals surface area (Å²) in [7, 11) is 2.14. The zero-order chi connectivity index (χ0) is 18.8. The zero-order valence-electron chi connectivity index (χ0n) is 15.6. The Morgan fingerprint density at radius 1 is 1.15 bits per heavy atom. The van der Waals surface area contributed by atoms with E-state index in [1.807, 2.05) is 30.5 Å². The van der Waals surface area contributed by atoms with Gasteiger partial charge in [0.25, 0.3) is 5.91 Å². The Balaban J connectivity index is 1.46. The third-order valence-electron chi connectivity index (χ3n) is 5.45. The van der Waals surface area contributed by atoms with Gasteiger partial charge in [0.05, 0.1) is 0 Å². The molecule has 2 saturated heterocycles. The molecule has 1 atom stereocenters. The predicted octanol–water partition coefficient (Wildman–Crippen LogP) is 0.986. The van der Waals surface area contributed by atoms with Crippen molar-refractivity contribution in [2.24, 2.45) is 4.99 Å². The van der Waals surface area contributed by atoms with Crippen LogP contribution >= 0.6 is 0 Å². The second-order valence-corrected chi connectivity index (χ2v) is 7.31. The molecule has 142 valence electrons. The van der Waals surface area contributed by atoms with Gasteiger partial charge in [0.1, 0.15) is 11.6 Å². The molecule has 0 radical (unpaired) electrons. The summed E-state index contributed by atoms with van der Waals surface area (Å²) >= 11 is 0. The number of para-hydroxylation sites is 1. The fourth-order valence-electron chi connectivity index (χ4n) is 3.85. The van der Waals surface area contributed by atoms with Crippen LogP contribution in [0.15, 0.2) is 35.5 Å². The highest BCUT2D eigenvalue weighted by molar-refractivity contribution is 6.52. The lowest BCUT2D eigenvalue weighted by Crippen LogP contribution is -2.44. The molecule has 27 heavy (non-hydrogen) atoms. The standard InChI is InChI=1S/C20H25N5O2/c1-24-9-11-25(12-10-24)8-4-7-21-18-17(19(26)23-20(18)27)15-13-22-16-6-3-2-5-14(15)16/h2-3,5-6,13,17,22H,4,7-12H2,1H3,(H,23,26,27). The van der Waals surface area contributed by atoms with E-state index in [4.69, 9.17) is 0 Å². The molecule has 2 fully saturated rings. The normalized spacial score (nSPS) is 23.4. The number of piperazine rings is 1. The van der Waals surface area contributed by atoms with Gasteiger partial charge in [-0.2, -0.15) is 0 Å². The van der Waals surface area contributed by atoms with Crippen LogP contribution in [0.4, 0.5) is 0 Å². The molecule has 2 aromatic rings. The van der Waals surface area contributed by atoms with E-state index < -0.39 is 5.92 Å². The average Bonchev–Trinajstić information content (AvgIpc) is 3.20. The predicted molar refractivity (Wildman–Crippen MR) is 105 cm³/mol. The number of hydrogen-bond donors (Lipinski definition) is 2. The van der Waals surface area contributed by atoms with E-state index in [-0.39, 0.29) is 11.8 Å². The highest BCUT2D eigenvalue weighted by Gasteiger charge is 2.40. The number of aliphatic imine (C=N–C) groups is 1. The minimum Gasteiger partial charge on any atom is -0.361 e. The van der Waals surface area contributed by atoms with Crippen LogP contribution < -0.4 is 5.32 Å². The van der Waals surface area contributed by atoms with Crippen molar-refractivity contribution >= 4 is 28.4 Å². The minimum atomic E-state index is -0.628. The van der Waals surface area contributed by atoms with Crippen molar-refractivity contribution in [3.63, 3.8) is 0 Å². The Labute approximate surface area is 158 Å². The summed E-state index contributed by atoms with van der Waals surface area (Å²) in [6, 6.07) is 7.79. The van der Waals surface area contributed by atoms with Gasteiger partial charge in [-0.1, -0.05) is 18.2 Å². The largest absolute Gasteiger partial charge is 0.361 e. The van der Waals surface area contributed by atoms with E-state index in [1.165, 1.54) is 0 Å². The van der Waals surface area contributed by atoms with E-state index >= 15 is 0 Å². The molecule has 1 unspecified atom stereocenters. The Kier molecular flexibility index (Phi) is 5.05. The molecule has 1 aromatic heterocycles. The number of likely N-dealkylation sites (N-methyl/N-ethyl adjacent to an activating group) is 1. The second-order valence-electron chi connectivity index (χ2n) is 7.31. The summed E-state index contributed by atoms with van der Waals surface area (Å²) in [6.45, 7) is 5.86. The molecule has 0 aliphatic carbocycles. The number of imide groups is 1. The van der Waals surface area contributed by atoms with Crippen LogP contribution in [0.1, 0.15) is 17.9 Å². The molecule has 0 saturated carbocycles. The molecule has 4 rings (SSSR count). The number of nitrogens with zero attached hydrogens (tertiary/aromatic N) is 3. The van der Waals surface area contributed by atoms with Crippen LogP contribution in [0.2, 0.25) is 0 Å². The maximum atomic E-state index is 12.4. The van der Waals surface area contributed by atoms with Crippen molar-refractivity contribution in [1.29, 1.82) is 0 Å². The topological polar surface area (TPSA) is 80.8 Å². The third kappa shape index (κ3) is 3.65. The number of hydrogen-bond acceptors (Lipinski definition) is 5. The summed E-state index contributed by atoms with van der Waals surface area (Å²) in [5.74, 6) is -1.28. The molecule has 7 heteroatoms. The lowest BCUT2D eigenvalue weighted by molar-refractivity contribution is -0.124. The van der Waals surface area contributed by atoms with E-state index in [0.717, 1.165) is 55.6 Å². The number of carbonyl (C=O) groups is 2. The number of nitrogens with one attached hydrogen (secondary N) is 2. The van der Waals surface area contributed by atoms with E-state index in [9.17, 15) is 9.59 Å². The molecular weight excluding hydrogens is 342 g/mol. The first-order valence-corrected chi connectivity index (χ1v) is 9.50. The molecule has 7 nitrogen and oxygen atoms in total. The molecular formula is C20H25N5O2. The van der Waals surface area contributed by atoms with Crippen molar-refractivity contribution < 1.29 is 9.59 Å². The first-order valence-electron chi connectivity index (χ1n) is 9.50. The SMILES string of the molecule is CN1CCN(CCCN=C2C(=O)NC(=O)C2c2c[nH]c3ccccc23)CC1. The monoisotopic (exact) mass is 367 g/mol. The van der Waals surface area contributed by atoms with Crippen molar-refractivity contribution in [3.8, 4) is 0 Å². The molecule has 0 spiro atoms. The van der Waals surface area contributed by atoms with Gasteiger partial charge in [-0.15, -0.1) is 0 Å². The van der Waals surface area contributed by atoms with E-state index in [1.54, 1.807) is 0 Å². The van der Waals surface area contributed by atoms with E-state index in [2.05, 4.69) is 32.1 Å². The second kappa shape index (κ2) is 7.62. The van der Waals surface area contributed by atoms with Crippen LogP contribution in [0.5, 0.6) is 0 Å². The first-order chi connectivity index (χ1) is 13.1. The molecule has 3 heterocycles. The lowest BCUT2D eigenvalue weighted by Gasteiger charge is -2.32. The fraction of sp³-hybridized carbons (Fsp3) is 0.450. The summed E-state index contributed by atoms with van der Waals surface area (Å²) in [6.07, 6.45) is 2.70.